The Morgan fingerprint density at radius 3 is 2.60 bits per heavy atom. The summed E-state index contributed by atoms with van der Waals surface area (Å²) in [5.74, 6) is -0.994. The number of nitrogens with one attached hydrogen (secondary N) is 2. The molecule has 3 saturated carbocycles. The largest absolute Gasteiger partial charge is 0.468 e. The molecule has 0 atom stereocenters. The minimum absolute atomic E-state index is 0.0311. The summed E-state index contributed by atoms with van der Waals surface area (Å²) in [6.45, 7) is -0.322. The molecule has 3 fully saturated rings. The molecular weight excluding hydrogens is 413 g/mol. The highest BCUT2D eigenvalue weighted by atomic mass is 35.5. The van der Waals surface area contributed by atoms with Crippen LogP contribution in [0.15, 0.2) is 36.5 Å². The molecule has 2 amide bonds. The molecule has 2 bridgehead atoms. The van der Waals surface area contributed by atoms with E-state index in [2.05, 4.69) is 15.6 Å². The predicted octanol–water partition coefficient (Wildman–Crippen LogP) is 2.36. The van der Waals surface area contributed by atoms with Gasteiger partial charge in [-0.1, -0.05) is 11.6 Å². The molecule has 1 aromatic heterocycles. The number of carbonyl (C=O) groups excluding carboxylic acids is 2. The zero-order valence-electron chi connectivity index (χ0n) is 16.1. The number of ether oxygens (including phenoxy) is 1. The fourth-order valence-corrected chi connectivity index (χ4v) is 4.54. The van der Waals surface area contributed by atoms with Crippen molar-refractivity contribution in [3.8, 4) is 5.88 Å². The van der Waals surface area contributed by atoms with Crippen molar-refractivity contribution in [2.75, 3.05) is 6.61 Å². The summed E-state index contributed by atoms with van der Waals surface area (Å²) in [7, 11) is 0. The van der Waals surface area contributed by atoms with E-state index in [0.29, 0.717) is 18.4 Å². The van der Waals surface area contributed by atoms with Gasteiger partial charge in [0.1, 0.15) is 5.82 Å². The topological polar surface area (TPSA) is 101 Å². The minimum atomic E-state index is -0.637. The number of carbonyl (C=O) groups is 2. The van der Waals surface area contributed by atoms with Gasteiger partial charge in [-0.15, -0.1) is 0 Å². The average molecular weight is 434 g/mol. The Bertz CT molecular complexity index is 994. The summed E-state index contributed by atoms with van der Waals surface area (Å²) >= 11 is 5.67. The van der Waals surface area contributed by atoms with Gasteiger partial charge >= 0.3 is 0 Å². The zero-order valence-corrected chi connectivity index (χ0v) is 16.8. The van der Waals surface area contributed by atoms with Crippen molar-refractivity contribution in [1.29, 1.82) is 0 Å². The minimum Gasteiger partial charge on any atom is -0.468 e. The highest BCUT2D eigenvalue weighted by Gasteiger charge is 2.62. The first-order valence-electron chi connectivity index (χ1n) is 9.59. The van der Waals surface area contributed by atoms with E-state index >= 15 is 0 Å². The Morgan fingerprint density at radius 1 is 1.17 bits per heavy atom. The van der Waals surface area contributed by atoms with Crippen LogP contribution < -0.4 is 15.4 Å². The Hall–Kier alpha value is -2.71. The maximum atomic E-state index is 13.6. The quantitative estimate of drug-likeness (QED) is 0.622. The molecule has 3 aliphatic carbocycles. The summed E-state index contributed by atoms with van der Waals surface area (Å²) in [6, 6.07) is 7.19. The fraction of sp³-hybridized carbons (Fsp3) is 0.381. The SMILES string of the molecule is O=C(COc1cc(CO)ccn1)NC12CCC(NC(=O)c3ccc(Cl)c(F)c3)(C1)C2. The monoisotopic (exact) mass is 433 g/mol. The number of aliphatic hydroxyl groups excluding tert-OH is 1. The molecule has 7 nitrogen and oxygen atoms in total. The van der Waals surface area contributed by atoms with E-state index in [1.165, 1.54) is 18.3 Å². The Labute approximate surface area is 177 Å². The van der Waals surface area contributed by atoms with Crippen molar-refractivity contribution >= 4 is 23.4 Å². The van der Waals surface area contributed by atoms with Gasteiger partial charge in [0.15, 0.2) is 6.61 Å². The van der Waals surface area contributed by atoms with Crippen LogP contribution in [0, 0.1) is 5.82 Å². The van der Waals surface area contributed by atoms with Crippen LogP contribution in [0.3, 0.4) is 0 Å². The van der Waals surface area contributed by atoms with Gasteiger partial charge in [0, 0.05) is 28.9 Å². The van der Waals surface area contributed by atoms with E-state index in [1.807, 2.05) is 0 Å². The number of amides is 2. The van der Waals surface area contributed by atoms with Crippen LogP contribution in [0.25, 0.3) is 0 Å². The first-order chi connectivity index (χ1) is 14.3. The zero-order chi connectivity index (χ0) is 21.4. The smallest absolute Gasteiger partial charge is 0.258 e. The highest BCUT2D eigenvalue weighted by molar-refractivity contribution is 6.30. The van der Waals surface area contributed by atoms with Gasteiger partial charge in [0.2, 0.25) is 5.88 Å². The Morgan fingerprint density at radius 2 is 1.90 bits per heavy atom. The molecule has 2 aromatic rings. The lowest BCUT2D eigenvalue weighted by Crippen LogP contribution is -2.64. The molecular formula is C21H21ClFN3O4. The van der Waals surface area contributed by atoms with Crippen LogP contribution in [-0.2, 0) is 11.4 Å². The summed E-state index contributed by atoms with van der Waals surface area (Å²) < 4.78 is 19.0. The normalized spacial score (nSPS) is 24.1. The predicted molar refractivity (Wildman–Crippen MR) is 107 cm³/mol. The van der Waals surface area contributed by atoms with E-state index in [0.717, 1.165) is 18.9 Å². The van der Waals surface area contributed by atoms with Crippen LogP contribution in [-0.4, -0.2) is 39.6 Å². The van der Waals surface area contributed by atoms with Gasteiger partial charge in [-0.3, -0.25) is 9.59 Å². The molecule has 1 aromatic carbocycles. The average Bonchev–Trinajstić information content (AvgIpc) is 3.23. The molecule has 3 aliphatic rings. The van der Waals surface area contributed by atoms with Crippen molar-refractivity contribution in [3.63, 3.8) is 0 Å². The summed E-state index contributed by atoms with van der Waals surface area (Å²) in [4.78, 5) is 28.8. The molecule has 0 unspecified atom stereocenters. The number of hydrogen-bond acceptors (Lipinski definition) is 5. The highest BCUT2D eigenvalue weighted by Crippen LogP contribution is 2.55. The van der Waals surface area contributed by atoms with Crippen LogP contribution in [0.5, 0.6) is 5.88 Å². The number of hydrogen-bond donors (Lipinski definition) is 3. The molecule has 5 rings (SSSR count). The van der Waals surface area contributed by atoms with Crippen molar-refractivity contribution < 1.29 is 23.8 Å². The van der Waals surface area contributed by atoms with Crippen LogP contribution in [0.1, 0.15) is 41.6 Å². The third-order valence-electron chi connectivity index (χ3n) is 5.73. The van der Waals surface area contributed by atoms with Crippen LogP contribution in [0.4, 0.5) is 4.39 Å². The number of aromatic nitrogens is 1. The van der Waals surface area contributed by atoms with Gasteiger partial charge in [-0.05, 0) is 55.5 Å². The second-order valence-electron chi connectivity index (χ2n) is 7.99. The van der Waals surface area contributed by atoms with E-state index in [-0.39, 0.29) is 47.0 Å². The van der Waals surface area contributed by atoms with E-state index < -0.39 is 11.4 Å². The second kappa shape index (κ2) is 7.85. The fourth-order valence-electron chi connectivity index (χ4n) is 4.43. The number of fused-ring (bicyclic) bond motifs is 1. The lowest BCUT2D eigenvalue weighted by Gasteiger charge is -2.48. The molecule has 3 N–H and O–H groups in total. The number of pyridine rings is 1. The molecule has 9 heteroatoms. The molecule has 1 heterocycles. The first kappa shape index (κ1) is 20.6. The Kier molecular flexibility index (Phi) is 5.38. The maximum Gasteiger partial charge on any atom is 0.258 e. The van der Waals surface area contributed by atoms with Crippen LogP contribution >= 0.6 is 11.6 Å². The van der Waals surface area contributed by atoms with Crippen molar-refractivity contribution in [2.45, 2.75) is 43.4 Å². The van der Waals surface area contributed by atoms with E-state index in [1.54, 1.807) is 12.1 Å². The number of benzene rings is 1. The van der Waals surface area contributed by atoms with Crippen LogP contribution in [0.2, 0.25) is 5.02 Å². The lowest BCUT2D eigenvalue weighted by molar-refractivity contribution is -0.126. The second-order valence-corrected chi connectivity index (χ2v) is 8.40. The van der Waals surface area contributed by atoms with Crippen molar-refractivity contribution in [3.05, 3.63) is 58.5 Å². The van der Waals surface area contributed by atoms with Gasteiger partial charge in [-0.2, -0.15) is 0 Å². The summed E-state index contributed by atoms with van der Waals surface area (Å²) in [5, 5.41) is 15.1. The van der Waals surface area contributed by atoms with Gasteiger partial charge in [0.25, 0.3) is 11.8 Å². The molecule has 158 valence electrons. The molecule has 30 heavy (non-hydrogen) atoms. The molecule has 0 saturated heterocycles. The molecule has 0 spiro atoms. The number of rotatable bonds is 7. The third-order valence-corrected chi connectivity index (χ3v) is 6.04. The number of aliphatic hydroxyl groups is 1. The summed E-state index contributed by atoms with van der Waals surface area (Å²) in [6.07, 6.45) is 4.21. The first-order valence-corrected chi connectivity index (χ1v) is 9.97. The summed E-state index contributed by atoms with van der Waals surface area (Å²) in [5.41, 5.74) is 0.109. The molecule has 0 radical (unpaired) electrons. The van der Waals surface area contributed by atoms with Crippen molar-refractivity contribution in [2.24, 2.45) is 0 Å². The van der Waals surface area contributed by atoms with E-state index in [9.17, 15) is 14.0 Å². The standard InChI is InChI=1S/C21H21ClFN3O4/c22-15-2-1-14(8-16(15)23)19(29)26-21-5-4-20(11-21,12-21)25-17(28)10-30-18-7-13(9-27)3-6-24-18/h1-3,6-8,27H,4-5,9-12H2,(H,25,28)(H,26,29). The third kappa shape index (κ3) is 4.11. The number of nitrogens with zero attached hydrogens (tertiary/aromatic N) is 1. The van der Waals surface area contributed by atoms with Gasteiger partial charge < -0.3 is 20.5 Å². The number of halogens is 2. The van der Waals surface area contributed by atoms with Gasteiger partial charge in [0.05, 0.1) is 11.6 Å². The molecule has 0 aliphatic heterocycles. The van der Waals surface area contributed by atoms with E-state index in [4.69, 9.17) is 21.4 Å². The van der Waals surface area contributed by atoms with Crippen molar-refractivity contribution in [1.82, 2.24) is 15.6 Å². The van der Waals surface area contributed by atoms with Gasteiger partial charge in [-0.25, -0.2) is 9.37 Å². The lowest BCUT2D eigenvalue weighted by atomic mass is 9.71. The Balaban J connectivity index is 1.29. The maximum absolute atomic E-state index is 13.6.